The van der Waals surface area contributed by atoms with Crippen molar-refractivity contribution in [1.82, 2.24) is 15.3 Å². The van der Waals surface area contributed by atoms with Crippen molar-refractivity contribution in [1.29, 1.82) is 0 Å². The van der Waals surface area contributed by atoms with E-state index < -0.39 is 0 Å². The van der Waals surface area contributed by atoms with Crippen LogP contribution in [0.1, 0.15) is 37.2 Å². The Balaban J connectivity index is 2.70. The smallest absolute Gasteiger partial charge is 0.220 e. The van der Waals surface area contributed by atoms with Gasteiger partial charge >= 0.3 is 0 Å². The van der Waals surface area contributed by atoms with Crippen molar-refractivity contribution in [2.45, 2.75) is 51.7 Å². The molecule has 1 heterocycles. The van der Waals surface area contributed by atoms with Crippen molar-refractivity contribution < 1.29 is 4.79 Å². The molecule has 0 aromatic carbocycles. The fraction of sp³-hybridized carbons (Fsp3) is 0.615. The Labute approximate surface area is 113 Å². The first kappa shape index (κ1) is 15.0. The number of hydrogen-bond acceptors (Lipinski definition) is 4. The Hall–Kier alpha value is -1.10. The molecule has 0 aliphatic carbocycles. The molecular weight excluding hydrogens is 246 g/mol. The standard InChI is InChI=1S/C13H21N3OS/c1-8(2)14-12(17)7-6-11-9(3)15-13(18-5)16-10(11)4/h8H,6-7H2,1-5H3,(H,14,17). The van der Waals surface area contributed by atoms with E-state index in [0.29, 0.717) is 12.8 Å². The van der Waals surface area contributed by atoms with Crippen LogP contribution < -0.4 is 5.32 Å². The van der Waals surface area contributed by atoms with Gasteiger partial charge in [0.05, 0.1) is 0 Å². The van der Waals surface area contributed by atoms with Crippen LogP contribution in [-0.4, -0.2) is 28.2 Å². The Morgan fingerprint density at radius 2 is 1.83 bits per heavy atom. The van der Waals surface area contributed by atoms with Gasteiger partial charge in [-0.3, -0.25) is 4.79 Å². The first-order valence-corrected chi connectivity index (χ1v) is 7.34. The first-order chi connectivity index (χ1) is 8.43. The number of carbonyl (C=O) groups excluding carboxylic acids is 1. The minimum atomic E-state index is 0.0812. The fourth-order valence-electron chi connectivity index (χ4n) is 1.79. The SMILES string of the molecule is CSc1nc(C)c(CCC(=O)NC(C)C)c(C)n1. The van der Waals surface area contributed by atoms with Crippen molar-refractivity contribution >= 4 is 17.7 Å². The van der Waals surface area contributed by atoms with Crippen molar-refractivity contribution in [3.63, 3.8) is 0 Å². The van der Waals surface area contributed by atoms with Gasteiger partial charge < -0.3 is 5.32 Å². The second kappa shape index (κ2) is 6.73. The predicted octanol–water partition coefficient (Wildman–Crippen LogP) is 2.27. The van der Waals surface area contributed by atoms with Gasteiger partial charge in [0.15, 0.2) is 5.16 Å². The summed E-state index contributed by atoms with van der Waals surface area (Å²) in [6.07, 6.45) is 3.15. The number of thioether (sulfide) groups is 1. The summed E-state index contributed by atoms with van der Waals surface area (Å²) in [5, 5.41) is 3.68. The van der Waals surface area contributed by atoms with E-state index in [2.05, 4.69) is 15.3 Å². The van der Waals surface area contributed by atoms with E-state index in [9.17, 15) is 4.79 Å². The molecule has 0 spiro atoms. The van der Waals surface area contributed by atoms with Crippen LogP contribution in [0, 0.1) is 13.8 Å². The average Bonchev–Trinajstić information content (AvgIpc) is 2.26. The normalized spacial score (nSPS) is 10.8. The second-order valence-electron chi connectivity index (χ2n) is 4.58. The zero-order chi connectivity index (χ0) is 13.7. The van der Waals surface area contributed by atoms with Gasteiger partial charge in [0, 0.05) is 23.9 Å². The molecule has 1 amide bonds. The Morgan fingerprint density at radius 3 is 2.28 bits per heavy atom. The highest BCUT2D eigenvalue weighted by Crippen LogP contribution is 2.16. The predicted molar refractivity (Wildman–Crippen MR) is 74.9 cm³/mol. The number of hydrogen-bond donors (Lipinski definition) is 1. The molecule has 0 saturated carbocycles. The molecule has 1 rings (SSSR count). The molecule has 0 atom stereocenters. The van der Waals surface area contributed by atoms with Crippen LogP contribution in [0.2, 0.25) is 0 Å². The van der Waals surface area contributed by atoms with Gasteiger partial charge in [0.25, 0.3) is 0 Å². The van der Waals surface area contributed by atoms with Gasteiger partial charge in [-0.2, -0.15) is 0 Å². The first-order valence-electron chi connectivity index (χ1n) is 6.11. The molecule has 0 unspecified atom stereocenters. The summed E-state index contributed by atoms with van der Waals surface area (Å²) in [7, 11) is 0. The summed E-state index contributed by atoms with van der Waals surface area (Å²) in [4.78, 5) is 20.4. The maximum Gasteiger partial charge on any atom is 0.220 e. The quantitative estimate of drug-likeness (QED) is 0.657. The van der Waals surface area contributed by atoms with Crippen LogP contribution >= 0.6 is 11.8 Å². The second-order valence-corrected chi connectivity index (χ2v) is 5.36. The zero-order valence-electron chi connectivity index (χ0n) is 11.7. The van der Waals surface area contributed by atoms with E-state index in [4.69, 9.17) is 0 Å². The van der Waals surface area contributed by atoms with Crippen LogP contribution in [0.25, 0.3) is 0 Å². The molecule has 1 aromatic heterocycles. The van der Waals surface area contributed by atoms with E-state index in [1.165, 1.54) is 11.8 Å². The highest BCUT2D eigenvalue weighted by Gasteiger charge is 2.10. The van der Waals surface area contributed by atoms with Crippen molar-refractivity contribution in [3.8, 4) is 0 Å². The molecular formula is C13H21N3OS. The highest BCUT2D eigenvalue weighted by molar-refractivity contribution is 7.98. The molecule has 4 nitrogen and oxygen atoms in total. The molecule has 18 heavy (non-hydrogen) atoms. The number of amides is 1. The number of aromatic nitrogens is 2. The van der Waals surface area contributed by atoms with E-state index in [1.54, 1.807) is 0 Å². The van der Waals surface area contributed by atoms with Gasteiger partial charge in [0.1, 0.15) is 0 Å². The van der Waals surface area contributed by atoms with E-state index in [1.807, 2.05) is 34.0 Å². The third-order valence-electron chi connectivity index (χ3n) is 2.63. The molecule has 0 fully saturated rings. The third-order valence-corrected chi connectivity index (χ3v) is 3.18. The molecule has 0 radical (unpaired) electrons. The number of nitrogens with one attached hydrogen (secondary N) is 1. The maximum atomic E-state index is 11.6. The molecule has 0 saturated heterocycles. The van der Waals surface area contributed by atoms with Crippen LogP contribution in [0.3, 0.4) is 0 Å². The molecule has 0 aliphatic heterocycles. The van der Waals surface area contributed by atoms with Crippen molar-refractivity contribution in [2.24, 2.45) is 0 Å². The summed E-state index contributed by atoms with van der Waals surface area (Å²) in [5.41, 5.74) is 3.04. The number of carbonyl (C=O) groups is 1. The van der Waals surface area contributed by atoms with Crippen LogP contribution in [0.5, 0.6) is 0 Å². The van der Waals surface area contributed by atoms with Gasteiger partial charge in [-0.1, -0.05) is 11.8 Å². The number of rotatable bonds is 5. The summed E-state index contributed by atoms with van der Waals surface area (Å²) >= 11 is 1.54. The topological polar surface area (TPSA) is 54.9 Å². The van der Waals surface area contributed by atoms with Crippen molar-refractivity contribution in [3.05, 3.63) is 17.0 Å². The maximum absolute atomic E-state index is 11.6. The highest BCUT2D eigenvalue weighted by atomic mass is 32.2. The third kappa shape index (κ3) is 4.29. The monoisotopic (exact) mass is 267 g/mol. The van der Waals surface area contributed by atoms with E-state index in [-0.39, 0.29) is 11.9 Å². The largest absolute Gasteiger partial charge is 0.354 e. The lowest BCUT2D eigenvalue weighted by Crippen LogP contribution is -2.30. The summed E-state index contributed by atoms with van der Waals surface area (Å²) in [6.45, 7) is 7.88. The van der Waals surface area contributed by atoms with Crippen LogP contribution in [0.4, 0.5) is 0 Å². The molecule has 0 aliphatic rings. The lowest BCUT2D eigenvalue weighted by atomic mass is 10.1. The fourth-order valence-corrected chi connectivity index (χ4v) is 2.25. The molecule has 1 N–H and O–H groups in total. The lowest BCUT2D eigenvalue weighted by Gasteiger charge is -2.11. The molecule has 5 heteroatoms. The molecule has 1 aromatic rings. The summed E-state index contributed by atoms with van der Waals surface area (Å²) in [6, 6.07) is 0.190. The Kier molecular flexibility index (Phi) is 5.59. The molecule has 0 bridgehead atoms. The van der Waals surface area contributed by atoms with Crippen LogP contribution in [0.15, 0.2) is 5.16 Å². The van der Waals surface area contributed by atoms with Gasteiger partial charge in [-0.15, -0.1) is 0 Å². The Morgan fingerprint density at radius 1 is 1.28 bits per heavy atom. The lowest BCUT2D eigenvalue weighted by molar-refractivity contribution is -0.121. The van der Waals surface area contributed by atoms with Gasteiger partial charge in [-0.25, -0.2) is 9.97 Å². The van der Waals surface area contributed by atoms with E-state index in [0.717, 1.165) is 22.1 Å². The van der Waals surface area contributed by atoms with Gasteiger partial charge in [0.2, 0.25) is 5.91 Å². The Bertz CT molecular complexity index is 409. The van der Waals surface area contributed by atoms with Gasteiger partial charge in [-0.05, 0) is 45.9 Å². The average molecular weight is 267 g/mol. The summed E-state index contributed by atoms with van der Waals surface area (Å²) < 4.78 is 0. The molecule has 100 valence electrons. The van der Waals surface area contributed by atoms with E-state index >= 15 is 0 Å². The minimum absolute atomic E-state index is 0.0812. The zero-order valence-corrected chi connectivity index (χ0v) is 12.5. The number of aryl methyl sites for hydroxylation is 2. The minimum Gasteiger partial charge on any atom is -0.354 e. The summed E-state index contributed by atoms with van der Waals surface area (Å²) in [5.74, 6) is 0.0812. The van der Waals surface area contributed by atoms with Crippen LogP contribution in [-0.2, 0) is 11.2 Å². The number of nitrogens with zero attached hydrogens (tertiary/aromatic N) is 2. The van der Waals surface area contributed by atoms with Crippen molar-refractivity contribution in [2.75, 3.05) is 6.26 Å².